The normalized spacial score (nSPS) is 11.6. The Hall–Kier alpha value is -2.87. The average Bonchev–Trinajstić information content (AvgIpc) is 3.33. The van der Waals surface area contributed by atoms with Crippen molar-refractivity contribution in [1.29, 1.82) is 0 Å². The Morgan fingerprint density at radius 1 is 1.23 bits per heavy atom. The lowest BCUT2D eigenvalue weighted by molar-refractivity contribution is 0.534. The molecule has 0 aromatic carbocycles. The molecule has 132 valence electrons. The van der Waals surface area contributed by atoms with E-state index in [4.69, 9.17) is 10.1 Å². The fourth-order valence-corrected chi connectivity index (χ4v) is 4.04. The molecule has 0 fully saturated rings. The Bertz CT molecular complexity index is 1120. The summed E-state index contributed by atoms with van der Waals surface area (Å²) in [5.74, 6) is 1.83. The molecule has 0 amide bonds. The SMILES string of the molecule is C=Nc1nc(-c2nccn2C)nc2sc(-c3ccn(C(C)C)n3)c(C)c12. The Morgan fingerprint density at radius 2 is 2.04 bits per heavy atom. The van der Waals surface area contributed by atoms with Crippen LogP contribution in [0.15, 0.2) is 29.6 Å². The molecule has 8 heteroatoms. The highest BCUT2D eigenvalue weighted by Crippen LogP contribution is 2.41. The first-order valence-electron chi connectivity index (χ1n) is 8.30. The zero-order valence-electron chi connectivity index (χ0n) is 15.1. The van der Waals surface area contributed by atoms with Gasteiger partial charge in [-0.2, -0.15) is 5.10 Å². The molecule has 7 nitrogen and oxygen atoms in total. The second-order valence-electron chi connectivity index (χ2n) is 6.40. The van der Waals surface area contributed by atoms with Gasteiger partial charge in [0.05, 0.1) is 10.3 Å². The predicted molar refractivity (Wildman–Crippen MR) is 105 cm³/mol. The molecular weight excluding hydrogens is 346 g/mol. The van der Waals surface area contributed by atoms with E-state index in [2.05, 4.69) is 42.4 Å². The number of aryl methyl sites for hydroxylation is 2. The summed E-state index contributed by atoms with van der Waals surface area (Å²) >= 11 is 1.60. The molecule has 0 spiro atoms. The Labute approximate surface area is 155 Å². The fraction of sp³-hybridized carbons (Fsp3) is 0.278. The summed E-state index contributed by atoms with van der Waals surface area (Å²) in [6, 6.07) is 2.35. The van der Waals surface area contributed by atoms with Crippen LogP contribution in [0.3, 0.4) is 0 Å². The van der Waals surface area contributed by atoms with Crippen molar-refractivity contribution in [2.45, 2.75) is 26.8 Å². The number of nitrogens with zero attached hydrogens (tertiary/aromatic N) is 7. The molecule has 0 bridgehead atoms. The molecule has 0 radical (unpaired) electrons. The number of aromatic nitrogens is 6. The minimum absolute atomic E-state index is 0.318. The van der Waals surface area contributed by atoms with Gasteiger partial charge in [-0.05, 0) is 39.1 Å². The Morgan fingerprint density at radius 3 is 2.65 bits per heavy atom. The number of aliphatic imine (C=N–C) groups is 1. The van der Waals surface area contributed by atoms with Gasteiger partial charge >= 0.3 is 0 Å². The maximum Gasteiger partial charge on any atom is 0.199 e. The molecule has 0 unspecified atom stereocenters. The molecule has 0 N–H and O–H groups in total. The van der Waals surface area contributed by atoms with E-state index in [1.54, 1.807) is 17.5 Å². The highest BCUT2D eigenvalue weighted by molar-refractivity contribution is 7.22. The van der Waals surface area contributed by atoms with Crippen molar-refractivity contribution < 1.29 is 0 Å². The minimum Gasteiger partial charge on any atom is -0.331 e. The molecule has 4 heterocycles. The summed E-state index contributed by atoms with van der Waals surface area (Å²) in [5, 5.41) is 5.62. The van der Waals surface area contributed by atoms with Crippen molar-refractivity contribution in [1.82, 2.24) is 29.3 Å². The van der Waals surface area contributed by atoms with Crippen LogP contribution in [-0.4, -0.2) is 36.0 Å². The number of imidazole rings is 1. The lowest BCUT2D eigenvalue weighted by Gasteiger charge is -2.04. The van der Waals surface area contributed by atoms with Gasteiger partial charge in [-0.15, -0.1) is 11.3 Å². The van der Waals surface area contributed by atoms with Crippen molar-refractivity contribution in [2.75, 3.05) is 0 Å². The molecular formula is C18H19N7S. The maximum atomic E-state index is 4.74. The molecule has 0 saturated heterocycles. The van der Waals surface area contributed by atoms with Gasteiger partial charge in [-0.1, -0.05) is 0 Å². The van der Waals surface area contributed by atoms with E-state index in [1.165, 1.54) is 0 Å². The molecule has 0 aliphatic rings. The van der Waals surface area contributed by atoms with E-state index in [9.17, 15) is 0 Å². The number of fused-ring (bicyclic) bond motifs is 1. The zero-order valence-corrected chi connectivity index (χ0v) is 15.9. The van der Waals surface area contributed by atoms with E-state index in [1.807, 2.05) is 34.8 Å². The first kappa shape index (κ1) is 16.6. The van der Waals surface area contributed by atoms with Crippen LogP contribution >= 0.6 is 11.3 Å². The van der Waals surface area contributed by atoms with Gasteiger partial charge in [0.25, 0.3) is 0 Å². The van der Waals surface area contributed by atoms with Crippen molar-refractivity contribution in [3.8, 4) is 22.2 Å². The summed E-state index contributed by atoms with van der Waals surface area (Å²) in [4.78, 5) is 19.8. The van der Waals surface area contributed by atoms with Crippen LogP contribution < -0.4 is 0 Å². The van der Waals surface area contributed by atoms with E-state index in [-0.39, 0.29) is 0 Å². The van der Waals surface area contributed by atoms with Crippen LogP contribution in [0, 0.1) is 6.92 Å². The van der Waals surface area contributed by atoms with Gasteiger partial charge in [0.1, 0.15) is 10.5 Å². The summed E-state index contributed by atoms with van der Waals surface area (Å²) in [6.07, 6.45) is 5.60. The second-order valence-corrected chi connectivity index (χ2v) is 7.40. The van der Waals surface area contributed by atoms with Crippen LogP contribution in [-0.2, 0) is 7.05 Å². The van der Waals surface area contributed by atoms with Crippen LogP contribution in [0.25, 0.3) is 32.4 Å². The zero-order chi connectivity index (χ0) is 18.4. The van der Waals surface area contributed by atoms with Crippen molar-refractivity contribution >= 4 is 34.1 Å². The monoisotopic (exact) mass is 365 g/mol. The Balaban J connectivity index is 1.93. The molecule has 26 heavy (non-hydrogen) atoms. The van der Waals surface area contributed by atoms with Crippen LogP contribution in [0.5, 0.6) is 0 Å². The summed E-state index contributed by atoms with van der Waals surface area (Å²) < 4.78 is 3.84. The van der Waals surface area contributed by atoms with Gasteiger partial charge in [0.2, 0.25) is 0 Å². The van der Waals surface area contributed by atoms with Gasteiger partial charge in [-0.25, -0.2) is 19.9 Å². The van der Waals surface area contributed by atoms with Crippen molar-refractivity contribution in [2.24, 2.45) is 12.0 Å². The standard InChI is InChI=1S/C18H19N7S/c1-10(2)25-8-6-12(23-25)14-11(3)13-15(19-4)21-16(22-18(13)26-14)17-20-7-9-24(17)5/h6-10H,4H2,1-3,5H3. The van der Waals surface area contributed by atoms with Gasteiger partial charge in [-0.3, -0.25) is 4.68 Å². The molecule has 0 saturated carbocycles. The van der Waals surface area contributed by atoms with Crippen LogP contribution in [0.4, 0.5) is 5.82 Å². The third kappa shape index (κ3) is 2.53. The van der Waals surface area contributed by atoms with Crippen molar-refractivity contribution in [3.05, 3.63) is 30.2 Å². The van der Waals surface area contributed by atoms with Gasteiger partial charge < -0.3 is 4.57 Å². The van der Waals surface area contributed by atoms with E-state index >= 15 is 0 Å². The molecule has 4 aromatic heterocycles. The number of hydrogen-bond donors (Lipinski definition) is 0. The molecule has 4 aromatic rings. The molecule has 0 atom stereocenters. The quantitative estimate of drug-likeness (QED) is 0.509. The lowest BCUT2D eigenvalue weighted by atomic mass is 10.1. The van der Waals surface area contributed by atoms with E-state index in [0.717, 1.165) is 26.4 Å². The maximum absolute atomic E-state index is 4.74. The highest BCUT2D eigenvalue weighted by atomic mass is 32.1. The number of hydrogen-bond acceptors (Lipinski definition) is 6. The van der Waals surface area contributed by atoms with Gasteiger partial charge in [0, 0.05) is 31.7 Å². The highest BCUT2D eigenvalue weighted by Gasteiger charge is 2.20. The largest absolute Gasteiger partial charge is 0.331 e. The first-order valence-corrected chi connectivity index (χ1v) is 9.12. The summed E-state index contributed by atoms with van der Waals surface area (Å²) in [5.41, 5.74) is 2.01. The third-order valence-electron chi connectivity index (χ3n) is 4.31. The molecule has 0 aliphatic carbocycles. The van der Waals surface area contributed by atoms with Crippen LogP contribution in [0.2, 0.25) is 0 Å². The summed E-state index contributed by atoms with van der Waals surface area (Å²) in [6.45, 7) is 9.97. The van der Waals surface area contributed by atoms with Crippen molar-refractivity contribution in [3.63, 3.8) is 0 Å². The Kier molecular flexibility index (Phi) is 3.91. The average molecular weight is 365 g/mol. The summed E-state index contributed by atoms with van der Waals surface area (Å²) in [7, 11) is 1.92. The van der Waals surface area contributed by atoms with Gasteiger partial charge in [0.15, 0.2) is 17.5 Å². The van der Waals surface area contributed by atoms with E-state index in [0.29, 0.717) is 23.5 Å². The van der Waals surface area contributed by atoms with Crippen LogP contribution in [0.1, 0.15) is 25.5 Å². The molecule has 0 aliphatic heterocycles. The predicted octanol–water partition coefficient (Wildman–Crippen LogP) is 4.18. The number of thiophene rings is 1. The second kappa shape index (κ2) is 6.14. The smallest absolute Gasteiger partial charge is 0.199 e. The molecule has 4 rings (SSSR count). The minimum atomic E-state index is 0.318. The lowest BCUT2D eigenvalue weighted by Crippen LogP contribution is -2.00. The third-order valence-corrected chi connectivity index (χ3v) is 5.52. The van der Waals surface area contributed by atoms with E-state index < -0.39 is 0 Å². The topological polar surface area (TPSA) is 73.8 Å². The number of rotatable bonds is 4. The first-order chi connectivity index (χ1) is 12.5. The fourth-order valence-electron chi connectivity index (χ4n) is 2.90.